The second-order valence-electron chi connectivity index (χ2n) is 6.40. The zero-order chi connectivity index (χ0) is 18.9. The number of aromatic nitrogens is 3. The lowest BCUT2D eigenvalue weighted by Gasteiger charge is -2.18. The second kappa shape index (κ2) is 6.80. The zero-order valence-corrected chi connectivity index (χ0v) is 14.3. The van der Waals surface area contributed by atoms with Gasteiger partial charge in [-0.3, -0.25) is 14.7 Å². The van der Waals surface area contributed by atoms with Gasteiger partial charge in [0, 0.05) is 5.69 Å². The first-order chi connectivity index (χ1) is 12.3. The third-order valence-corrected chi connectivity index (χ3v) is 3.81. The number of anilines is 1. The third-order valence-electron chi connectivity index (χ3n) is 3.81. The quantitative estimate of drug-likeness (QED) is 0.733. The number of fused-ring (bicyclic) bond motifs is 1. The fourth-order valence-corrected chi connectivity index (χ4v) is 2.53. The molecule has 1 amide bonds. The van der Waals surface area contributed by atoms with Gasteiger partial charge in [-0.05, 0) is 50.2 Å². The number of halogens is 2. The fourth-order valence-electron chi connectivity index (χ4n) is 2.53. The predicted molar refractivity (Wildman–Crippen MR) is 93.4 cm³/mol. The number of aliphatic hydroxyl groups is 1. The van der Waals surface area contributed by atoms with Crippen molar-refractivity contribution in [3.8, 4) is 5.69 Å². The summed E-state index contributed by atoms with van der Waals surface area (Å²) >= 11 is 0. The Morgan fingerprint density at radius 1 is 1.23 bits per heavy atom. The number of carbonyl (C=O) groups is 1. The van der Waals surface area contributed by atoms with Gasteiger partial charge in [0.15, 0.2) is 5.65 Å². The number of aryl methyl sites for hydroxylation is 1. The summed E-state index contributed by atoms with van der Waals surface area (Å²) in [5.74, 6) is -0.834. The van der Waals surface area contributed by atoms with Crippen LogP contribution in [0.3, 0.4) is 0 Å². The minimum Gasteiger partial charge on any atom is -0.387 e. The van der Waals surface area contributed by atoms with E-state index in [4.69, 9.17) is 0 Å². The summed E-state index contributed by atoms with van der Waals surface area (Å²) in [5, 5.41) is 12.3. The maximum Gasteiger partial charge on any atom is 0.229 e. The van der Waals surface area contributed by atoms with Crippen molar-refractivity contribution in [1.29, 1.82) is 0 Å². The van der Waals surface area contributed by atoms with Crippen LogP contribution in [0.25, 0.3) is 16.9 Å². The first kappa shape index (κ1) is 17.9. The Hall–Kier alpha value is -2.87. The van der Waals surface area contributed by atoms with Crippen molar-refractivity contribution in [3.05, 3.63) is 47.9 Å². The fraction of sp³-hybridized carbons (Fsp3) is 0.278. The van der Waals surface area contributed by atoms with Crippen LogP contribution in [0.5, 0.6) is 0 Å². The molecule has 1 unspecified atom stereocenters. The molecule has 0 bridgehead atoms. The van der Waals surface area contributed by atoms with Crippen molar-refractivity contribution >= 4 is 23.0 Å². The molecule has 0 aliphatic heterocycles. The van der Waals surface area contributed by atoms with Crippen LogP contribution >= 0.6 is 0 Å². The average Bonchev–Trinajstić information content (AvgIpc) is 2.92. The summed E-state index contributed by atoms with van der Waals surface area (Å²) in [6, 6.07) is 9.18. The summed E-state index contributed by atoms with van der Waals surface area (Å²) in [4.78, 5) is 21.0. The highest BCUT2D eigenvalue weighted by Gasteiger charge is 2.25. The first-order valence-corrected chi connectivity index (χ1v) is 7.99. The van der Waals surface area contributed by atoms with E-state index in [-0.39, 0.29) is 5.95 Å². The van der Waals surface area contributed by atoms with Crippen molar-refractivity contribution in [2.75, 3.05) is 12.0 Å². The Kier molecular flexibility index (Phi) is 4.69. The molecule has 0 saturated heterocycles. The number of rotatable bonds is 5. The highest BCUT2D eigenvalue weighted by atomic mass is 19.1. The van der Waals surface area contributed by atoms with E-state index in [2.05, 4.69) is 15.3 Å². The number of hydrogen-bond acceptors (Lipinski definition) is 4. The molecule has 0 saturated carbocycles. The molecule has 0 aliphatic rings. The molecule has 3 aromatic rings. The van der Waals surface area contributed by atoms with Crippen molar-refractivity contribution in [1.82, 2.24) is 14.5 Å². The normalized spacial score (nSPS) is 13.6. The van der Waals surface area contributed by atoms with Crippen LogP contribution in [0.4, 0.5) is 14.7 Å². The standard InChI is InChI=1S/C18H18F2N4O2/c1-11-3-8-14-16(21-11)24(13-6-4-12(20)5-7-13)17(22-14)23-15(25)9-18(2,26)10-19/h3-8,26H,9-10H2,1-2H3,(H,22,23,25). The molecule has 2 N–H and O–H groups in total. The monoisotopic (exact) mass is 360 g/mol. The van der Waals surface area contributed by atoms with Crippen molar-refractivity contribution < 1.29 is 18.7 Å². The van der Waals surface area contributed by atoms with E-state index < -0.39 is 30.4 Å². The van der Waals surface area contributed by atoms with E-state index >= 15 is 0 Å². The molecule has 0 spiro atoms. The number of alkyl halides is 1. The molecule has 26 heavy (non-hydrogen) atoms. The van der Waals surface area contributed by atoms with Crippen LogP contribution in [0.2, 0.25) is 0 Å². The molecule has 0 aliphatic carbocycles. The highest BCUT2D eigenvalue weighted by molar-refractivity contribution is 5.92. The maximum absolute atomic E-state index is 13.3. The summed E-state index contributed by atoms with van der Waals surface area (Å²) in [6.45, 7) is 2.01. The topological polar surface area (TPSA) is 80.0 Å². The van der Waals surface area contributed by atoms with Crippen LogP contribution in [-0.2, 0) is 4.79 Å². The largest absolute Gasteiger partial charge is 0.387 e. The number of hydrogen-bond donors (Lipinski definition) is 2. The van der Waals surface area contributed by atoms with Crippen molar-refractivity contribution in [2.45, 2.75) is 25.9 Å². The smallest absolute Gasteiger partial charge is 0.229 e. The van der Waals surface area contributed by atoms with Gasteiger partial charge in [-0.25, -0.2) is 18.7 Å². The maximum atomic E-state index is 13.3. The Balaban J connectivity index is 2.05. The van der Waals surface area contributed by atoms with Crippen molar-refractivity contribution in [3.63, 3.8) is 0 Å². The molecule has 3 rings (SSSR count). The van der Waals surface area contributed by atoms with E-state index in [0.29, 0.717) is 16.9 Å². The number of nitrogens with zero attached hydrogens (tertiary/aromatic N) is 3. The highest BCUT2D eigenvalue weighted by Crippen LogP contribution is 2.24. The van der Waals surface area contributed by atoms with Crippen molar-refractivity contribution in [2.24, 2.45) is 0 Å². The zero-order valence-electron chi connectivity index (χ0n) is 14.3. The SMILES string of the molecule is Cc1ccc2nc(NC(=O)CC(C)(O)CF)n(-c3ccc(F)cc3)c2n1. The Bertz CT molecular complexity index is 952. The van der Waals surface area contributed by atoms with Gasteiger partial charge < -0.3 is 5.11 Å². The third kappa shape index (κ3) is 3.70. The van der Waals surface area contributed by atoms with E-state index in [1.807, 2.05) is 6.92 Å². The van der Waals surface area contributed by atoms with Gasteiger partial charge >= 0.3 is 0 Å². The van der Waals surface area contributed by atoms with Gasteiger partial charge in [0.05, 0.1) is 17.7 Å². The number of carbonyl (C=O) groups excluding carboxylic acids is 1. The van der Waals surface area contributed by atoms with Gasteiger partial charge in [-0.1, -0.05) is 0 Å². The lowest BCUT2D eigenvalue weighted by molar-refractivity contribution is -0.121. The van der Waals surface area contributed by atoms with Crippen LogP contribution < -0.4 is 5.32 Å². The number of nitrogens with one attached hydrogen (secondary N) is 1. The van der Waals surface area contributed by atoms with Crippen LogP contribution in [0.15, 0.2) is 36.4 Å². The predicted octanol–water partition coefficient (Wildman–Crippen LogP) is 2.92. The van der Waals surface area contributed by atoms with Gasteiger partial charge in [-0.2, -0.15) is 0 Å². The molecule has 0 radical (unpaired) electrons. The lowest BCUT2D eigenvalue weighted by Crippen LogP contribution is -2.33. The molecular formula is C18H18F2N4O2. The average molecular weight is 360 g/mol. The van der Waals surface area contributed by atoms with Crippen LogP contribution in [-0.4, -0.2) is 37.8 Å². The van der Waals surface area contributed by atoms with Crippen LogP contribution in [0.1, 0.15) is 19.0 Å². The number of amides is 1. The lowest BCUT2D eigenvalue weighted by atomic mass is 10.0. The number of pyridine rings is 1. The van der Waals surface area contributed by atoms with Crippen LogP contribution in [0, 0.1) is 12.7 Å². The first-order valence-electron chi connectivity index (χ1n) is 7.99. The molecule has 0 fully saturated rings. The molecule has 136 valence electrons. The minimum absolute atomic E-state index is 0.157. The van der Waals surface area contributed by atoms with E-state index in [0.717, 1.165) is 5.69 Å². The van der Waals surface area contributed by atoms with Gasteiger partial charge in [-0.15, -0.1) is 0 Å². The number of imidazole rings is 1. The van der Waals surface area contributed by atoms with Gasteiger partial charge in [0.25, 0.3) is 0 Å². The molecule has 8 heteroatoms. The van der Waals surface area contributed by atoms with E-state index in [1.165, 1.54) is 31.2 Å². The minimum atomic E-state index is -1.76. The molecule has 6 nitrogen and oxygen atoms in total. The van der Waals surface area contributed by atoms with Gasteiger partial charge in [0.1, 0.15) is 18.0 Å². The molecule has 2 aromatic heterocycles. The van der Waals surface area contributed by atoms with E-state index in [1.54, 1.807) is 16.7 Å². The second-order valence-corrected chi connectivity index (χ2v) is 6.40. The van der Waals surface area contributed by atoms with E-state index in [9.17, 15) is 18.7 Å². The number of benzene rings is 1. The summed E-state index contributed by atoms with van der Waals surface area (Å²) in [6.07, 6.45) is -0.428. The summed E-state index contributed by atoms with van der Waals surface area (Å²) < 4.78 is 27.6. The Labute approximate surface area is 148 Å². The molecule has 1 aromatic carbocycles. The molecule has 2 heterocycles. The Morgan fingerprint density at radius 2 is 1.92 bits per heavy atom. The summed E-state index contributed by atoms with van der Waals surface area (Å²) in [7, 11) is 0. The molecule has 1 atom stereocenters. The Morgan fingerprint density at radius 3 is 2.58 bits per heavy atom. The summed E-state index contributed by atoms with van der Waals surface area (Å²) in [5.41, 5.74) is 0.571. The molecular weight excluding hydrogens is 342 g/mol. The van der Waals surface area contributed by atoms with Gasteiger partial charge in [0.2, 0.25) is 11.9 Å².